The van der Waals surface area contributed by atoms with E-state index in [1.165, 1.54) is 13.8 Å². The van der Waals surface area contributed by atoms with Gasteiger partial charge in [-0.3, -0.25) is 32.5 Å². The maximum absolute atomic E-state index is 12.7. The van der Waals surface area contributed by atoms with Crippen LogP contribution < -0.4 is 21.1 Å². The number of hydrogen-bond donors (Lipinski definition) is 9. The van der Waals surface area contributed by atoms with E-state index in [4.69, 9.17) is 24.3 Å². The van der Waals surface area contributed by atoms with Crippen molar-refractivity contribution < 1.29 is 85.2 Å². The zero-order chi connectivity index (χ0) is 47.0. The number of nitrogens with two attached hydrogens (primary N) is 1. The highest BCUT2D eigenvalue weighted by atomic mass is 32.2. The summed E-state index contributed by atoms with van der Waals surface area (Å²) in [6.07, 6.45) is -6.11. The Morgan fingerprint density at radius 3 is 2.39 bits per heavy atom. The first kappa shape index (κ1) is 51.1. The molecular weight excluding hydrogens is 931 g/mol. The van der Waals surface area contributed by atoms with E-state index in [2.05, 4.69) is 34.4 Å². The normalized spacial score (nSPS) is 20.4. The number of nitrogen functional groups attached to an aromatic ring is 1. The van der Waals surface area contributed by atoms with Crippen LogP contribution in [0, 0.1) is 5.41 Å². The molecule has 1 saturated heterocycles. The molecule has 5 rings (SSSR count). The van der Waals surface area contributed by atoms with Crippen LogP contribution >= 0.6 is 35.2 Å². The molecule has 3 heterocycles. The fourth-order valence-electron chi connectivity index (χ4n) is 6.17. The second kappa shape index (κ2) is 21.6. The second-order valence-corrected chi connectivity index (χ2v) is 20.2. The molecule has 0 radical (unpaired) electrons. The molecule has 2 aromatic carbocycles. The van der Waals surface area contributed by atoms with Crippen molar-refractivity contribution in [2.24, 2.45) is 5.41 Å². The molecule has 0 saturated carbocycles. The number of carbonyl (C=O) groups is 3. The minimum absolute atomic E-state index is 0.0277. The zero-order valence-electron chi connectivity index (χ0n) is 34.4. The fourth-order valence-corrected chi connectivity index (χ4v) is 9.68. The molecule has 7 atom stereocenters. The van der Waals surface area contributed by atoms with Gasteiger partial charge in [-0.2, -0.15) is 4.31 Å². The van der Waals surface area contributed by atoms with Gasteiger partial charge in [-0.15, -0.1) is 0 Å². The Kier molecular flexibility index (Phi) is 17.2. The third-order valence-corrected chi connectivity index (χ3v) is 13.5. The lowest BCUT2D eigenvalue weighted by atomic mass is 9.87. The number of ether oxygens (including phenoxy) is 2. The lowest BCUT2D eigenvalue weighted by molar-refractivity contribution is -0.137. The number of rotatable bonds is 23. The minimum atomic E-state index is -5.58. The second-order valence-electron chi connectivity index (χ2n) is 14.8. The van der Waals surface area contributed by atoms with E-state index in [1.807, 2.05) is 36.4 Å². The molecule has 64 heavy (non-hydrogen) atoms. The number of nitrogens with zero attached hydrogens (tertiary/aromatic N) is 4. The number of phosphoric ester groups is 3. The largest absolute Gasteiger partial charge is 0.497 e. The van der Waals surface area contributed by atoms with Gasteiger partial charge in [0.05, 0.1) is 26.7 Å². The van der Waals surface area contributed by atoms with E-state index in [0.717, 1.165) is 51.1 Å². The highest BCUT2D eigenvalue weighted by Crippen LogP contribution is 2.61. The van der Waals surface area contributed by atoms with Gasteiger partial charge in [0.2, 0.25) is 11.8 Å². The number of fused-ring (bicyclic) bond motifs is 2. The van der Waals surface area contributed by atoms with E-state index >= 15 is 0 Å². The monoisotopic (exact) mass is 979 g/mol. The molecule has 1 aliphatic heterocycles. The predicted molar refractivity (Wildman–Crippen MR) is 226 cm³/mol. The summed E-state index contributed by atoms with van der Waals surface area (Å²) >= 11 is 1.08. The Labute approximate surface area is 368 Å². The first-order valence-electron chi connectivity index (χ1n) is 19.1. The zero-order valence-corrected chi connectivity index (χ0v) is 37.9. The summed E-state index contributed by atoms with van der Waals surface area (Å²) in [6, 6.07) is 11.7. The van der Waals surface area contributed by atoms with Crippen LogP contribution in [0.5, 0.6) is 5.75 Å². The van der Waals surface area contributed by atoms with Gasteiger partial charge in [0.1, 0.15) is 42.0 Å². The Morgan fingerprint density at radius 2 is 1.67 bits per heavy atom. The molecule has 4 aromatic rings. The van der Waals surface area contributed by atoms with E-state index in [9.17, 15) is 57.9 Å². The summed E-state index contributed by atoms with van der Waals surface area (Å²) in [5.74, 6) is -0.395. The summed E-state index contributed by atoms with van der Waals surface area (Å²) in [4.78, 5) is 88.5. The number of aliphatic hydroxyl groups excluding tert-OH is 2. The van der Waals surface area contributed by atoms with Crippen LogP contribution in [0.25, 0.3) is 21.9 Å². The van der Waals surface area contributed by atoms with Crippen molar-refractivity contribution in [3.63, 3.8) is 0 Å². The molecule has 3 unspecified atom stereocenters. The maximum Gasteiger partial charge on any atom is 0.481 e. The smallest absolute Gasteiger partial charge is 0.481 e. The number of nitrogens with one attached hydrogen (secondary N) is 2. The molecule has 10 N–H and O–H groups in total. The standard InChI is InChI=1S/C35H48N7O18P3S/c1-35(2,30(46)33(47)38-11-10-25(43)37-12-13-64-26(44)9-5-20-4-6-22-15-23(55-3)8-7-21(22)14-20)17-57-63(53,54)60-62(51,52)56-16-24-29(59-61(48,49)50)28(45)34(58-24)42-19-41-27-31(36)39-18-40-32(27)42/h4,6-8,14-15,18-19,24,28-30,34,45-46H,5,9-13,16-17H2,1-3H3,(H,37,43)(H,38,47)(H,51,52)(H,53,54)(H2,36,39,40)(H2,48,49,50)/t24-,28-,29-,30?,34-/m1/s1. The van der Waals surface area contributed by atoms with Crippen LogP contribution in [-0.4, -0.2) is 130 Å². The van der Waals surface area contributed by atoms with Crippen LogP contribution in [-0.2, 0) is 57.1 Å². The molecule has 2 aromatic heterocycles. The third-order valence-electron chi connectivity index (χ3n) is 9.49. The lowest BCUT2D eigenvalue weighted by Crippen LogP contribution is -2.46. The van der Waals surface area contributed by atoms with Crippen molar-refractivity contribution >= 4 is 79.9 Å². The molecule has 29 heteroatoms. The number of hydrogen-bond acceptors (Lipinski definition) is 19. The van der Waals surface area contributed by atoms with Crippen molar-refractivity contribution in [3.05, 3.63) is 54.6 Å². The maximum atomic E-state index is 12.7. The van der Waals surface area contributed by atoms with Crippen molar-refractivity contribution in [2.75, 3.05) is 44.9 Å². The lowest BCUT2D eigenvalue weighted by Gasteiger charge is -2.30. The van der Waals surface area contributed by atoms with Gasteiger partial charge < -0.3 is 55.6 Å². The average Bonchev–Trinajstić information content (AvgIpc) is 3.79. The van der Waals surface area contributed by atoms with Gasteiger partial charge in [0.15, 0.2) is 22.8 Å². The van der Waals surface area contributed by atoms with Gasteiger partial charge in [0.25, 0.3) is 0 Å². The average molecular weight is 980 g/mol. The van der Waals surface area contributed by atoms with Crippen molar-refractivity contribution in [1.82, 2.24) is 30.2 Å². The number of aryl methyl sites for hydroxylation is 1. The first-order valence-corrected chi connectivity index (χ1v) is 24.6. The number of carbonyl (C=O) groups excluding carboxylic acids is 3. The van der Waals surface area contributed by atoms with E-state index in [1.54, 1.807) is 7.11 Å². The van der Waals surface area contributed by atoms with Crippen molar-refractivity contribution in [3.8, 4) is 5.75 Å². The molecule has 352 valence electrons. The van der Waals surface area contributed by atoms with Crippen LogP contribution in [0.2, 0.25) is 0 Å². The quantitative estimate of drug-likeness (QED) is 0.0375. The first-order chi connectivity index (χ1) is 30.0. The van der Waals surface area contributed by atoms with Crippen LogP contribution in [0.4, 0.5) is 5.82 Å². The van der Waals surface area contributed by atoms with Crippen LogP contribution in [0.15, 0.2) is 49.1 Å². The molecule has 0 spiro atoms. The number of imidazole rings is 1. The topological polar surface area (TPSA) is 373 Å². The number of phosphoric acid groups is 3. The fraction of sp³-hybridized carbons (Fsp3) is 0.486. The van der Waals surface area contributed by atoms with Gasteiger partial charge >= 0.3 is 23.5 Å². The summed E-state index contributed by atoms with van der Waals surface area (Å²) in [5.41, 5.74) is 5.27. The van der Waals surface area contributed by atoms with Crippen molar-refractivity contribution in [2.45, 2.75) is 63.8 Å². The minimum Gasteiger partial charge on any atom is -0.497 e. The van der Waals surface area contributed by atoms with Gasteiger partial charge in [-0.1, -0.05) is 49.9 Å². The van der Waals surface area contributed by atoms with Gasteiger partial charge in [-0.25, -0.2) is 28.6 Å². The number of anilines is 1. The number of thioether (sulfide) groups is 1. The highest BCUT2D eigenvalue weighted by molar-refractivity contribution is 8.13. The Balaban J connectivity index is 1.01. The summed E-state index contributed by atoms with van der Waals surface area (Å²) in [6.45, 7) is 0.447. The number of benzene rings is 2. The van der Waals surface area contributed by atoms with E-state index in [-0.39, 0.29) is 41.6 Å². The van der Waals surface area contributed by atoms with Gasteiger partial charge in [-0.05, 0) is 34.9 Å². The molecule has 1 aliphatic rings. The highest BCUT2D eigenvalue weighted by Gasteiger charge is 2.50. The molecule has 0 bridgehead atoms. The summed E-state index contributed by atoms with van der Waals surface area (Å²) in [7, 11) is -14.8. The Morgan fingerprint density at radius 1 is 0.969 bits per heavy atom. The molecule has 0 aliphatic carbocycles. The number of methoxy groups -OCH3 is 1. The number of aliphatic hydroxyl groups is 2. The molecule has 1 fully saturated rings. The van der Waals surface area contributed by atoms with Gasteiger partial charge in [0, 0.05) is 37.1 Å². The number of aromatic nitrogens is 4. The molecule has 2 amide bonds. The summed E-state index contributed by atoms with van der Waals surface area (Å²) < 4.78 is 67.6. The van der Waals surface area contributed by atoms with E-state index < -0.39 is 84.6 Å². The summed E-state index contributed by atoms with van der Waals surface area (Å²) in [5, 5.41) is 28.6. The van der Waals surface area contributed by atoms with Crippen LogP contribution in [0.1, 0.15) is 38.5 Å². The third kappa shape index (κ3) is 14.3. The molecule has 25 nitrogen and oxygen atoms in total. The Bertz CT molecular complexity index is 2460. The number of amides is 2. The van der Waals surface area contributed by atoms with E-state index in [0.29, 0.717) is 18.6 Å². The Hall–Kier alpha value is -3.94. The predicted octanol–water partition coefficient (Wildman–Crippen LogP) is 1.46. The SMILES string of the molecule is COc1ccc2cc(CCC(=O)SCCNC(=O)CCNC(=O)C(O)C(C)(C)COP(=O)(O)OP(=O)(O)OC[C@H]3O[C@@H](n4cnc5c(N)ncnc54)[C@H](O)[C@@H]3OP(=O)(O)O)ccc2c1. The molecular formula is C35H48N7O18P3S. The van der Waals surface area contributed by atoms with Crippen LogP contribution in [0.3, 0.4) is 0 Å². The van der Waals surface area contributed by atoms with Crippen molar-refractivity contribution in [1.29, 1.82) is 0 Å².